The molecule has 1 aliphatic heterocycles. The average Bonchev–Trinajstić information content (AvgIpc) is 2.46. The van der Waals surface area contributed by atoms with Crippen molar-refractivity contribution < 1.29 is 9.59 Å². The summed E-state index contributed by atoms with van der Waals surface area (Å²) in [6, 6.07) is -0.918. The van der Waals surface area contributed by atoms with Crippen LogP contribution in [0.5, 0.6) is 0 Å². The molecule has 1 aromatic rings. The Morgan fingerprint density at radius 1 is 1.19 bits per heavy atom. The number of ketones is 1. The van der Waals surface area contributed by atoms with Crippen LogP contribution in [-0.2, 0) is 4.79 Å². The van der Waals surface area contributed by atoms with E-state index in [1.807, 2.05) is 0 Å². The monoisotopic (exact) mass is 293 g/mol. The molecule has 1 N–H and O–H groups in total. The standard InChI is InChI=1S/C14H19N3O4/c1-9(12(19)16-6-4-3-5-7-16)17-13(20)11(10(2)18)8-15-14(17)21/h8-9H,3-7H2,1-2H3,(H,15,21). The largest absolute Gasteiger partial charge is 0.341 e. The maximum atomic E-state index is 12.4. The number of carbonyl (C=O) groups is 2. The van der Waals surface area contributed by atoms with Gasteiger partial charge in [-0.3, -0.25) is 14.4 Å². The van der Waals surface area contributed by atoms with E-state index in [1.54, 1.807) is 4.90 Å². The fraction of sp³-hybridized carbons (Fsp3) is 0.571. The minimum Gasteiger partial charge on any atom is -0.341 e. The summed E-state index contributed by atoms with van der Waals surface area (Å²) >= 11 is 0. The number of amides is 1. The summed E-state index contributed by atoms with van der Waals surface area (Å²) in [6.07, 6.45) is 4.04. The number of H-pyrrole nitrogens is 1. The van der Waals surface area contributed by atoms with Gasteiger partial charge in [-0.25, -0.2) is 9.36 Å². The second-order valence-electron chi connectivity index (χ2n) is 5.30. The van der Waals surface area contributed by atoms with Gasteiger partial charge >= 0.3 is 5.69 Å². The molecule has 1 fully saturated rings. The second-order valence-corrected chi connectivity index (χ2v) is 5.30. The van der Waals surface area contributed by atoms with Crippen LogP contribution in [0.15, 0.2) is 15.8 Å². The van der Waals surface area contributed by atoms with Crippen LogP contribution in [-0.4, -0.2) is 39.2 Å². The van der Waals surface area contributed by atoms with Crippen LogP contribution in [0, 0.1) is 0 Å². The lowest BCUT2D eigenvalue weighted by atomic mass is 10.1. The van der Waals surface area contributed by atoms with Crippen LogP contribution in [0.2, 0.25) is 0 Å². The SMILES string of the molecule is CC(=O)c1c[nH]c(=O)n(C(C)C(=O)N2CCCCC2)c1=O. The molecule has 0 aromatic carbocycles. The fourth-order valence-corrected chi connectivity index (χ4v) is 2.58. The van der Waals surface area contributed by atoms with Crippen molar-refractivity contribution in [2.75, 3.05) is 13.1 Å². The zero-order valence-electron chi connectivity index (χ0n) is 12.2. The van der Waals surface area contributed by atoms with Gasteiger partial charge in [-0.05, 0) is 33.1 Å². The summed E-state index contributed by atoms with van der Waals surface area (Å²) in [5.41, 5.74) is -1.51. The summed E-state index contributed by atoms with van der Waals surface area (Å²) in [5, 5.41) is 0. The average molecular weight is 293 g/mol. The Morgan fingerprint density at radius 2 is 1.81 bits per heavy atom. The van der Waals surface area contributed by atoms with Gasteiger partial charge in [0.25, 0.3) is 5.56 Å². The first kappa shape index (κ1) is 15.2. The van der Waals surface area contributed by atoms with Gasteiger partial charge in [-0.2, -0.15) is 0 Å². The van der Waals surface area contributed by atoms with Crippen molar-refractivity contribution >= 4 is 11.7 Å². The normalized spacial score (nSPS) is 16.6. The number of piperidine rings is 1. The van der Waals surface area contributed by atoms with Gasteiger partial charge in [0.1, 0.15) is 6.04 Å². The minimum absolute atomic E-state index is 0.118. The molecule has 0 spiro atoms. The molecule has 2 rings (SSSR count). The Labute approximate surface area is 121 Å². The molecule has 1 aliphatic rings. The number of rotatable bonds is 3. The van der Waals surface area contributed by atoms with Crippen molar-refractivity contribution in [1.29, 1.82) is 0 Å². The Morgan fingerprint density at radius 3 is 2.38 bits per heavy atom. The van der Waals surface area contributed by atoms with E-state index in [0.29, 0.717) is 13.1 Å². The molecule has 1 unspecified atom stereocenters. The molecule has 114 valence electrons. The highest BCUT2D eigenvalue weighted by Gasteiger charge is 2.26. The highest BCUT2D eigenvalue weighted by Crippen LogP contribution is 2.13. The third kappa shape index (κ3) is 2.96. The van der Waals surface area contributed by atoms with E-state index in [1.165, 1.54) is 13.8 Å². The lowest BCUT2D eigenvalue weighted by Gasteiger charge is -2.29. The summed E-state index contributed by atoms with van der Waals surface area (Å²) < 4.78 is 0.827. The highest BCUT2D eigenvalue weighted by molar-refractivity contribution is 5.93. The Bertz CT molecular complexity index is 668. The summed E-state index contributed by atoms with van der Waals surface area (Å²) in [7, 11) is 0. The van der Waals surface area contributed by atoms with E-state index in [4.69, 9.17) is 0 Å². The number of Topliss-reactive ketones (excluding diaryl/α,β-unsaturated/α-hetero) is 1. The molecule has 0 aliphatic carbocycles. The van der Waals surface area contributed by atoms with Crippen LogP contribution in [0.25, 0.3) is 0 Å². The van der Waals surface area contributed by atoms with Crippen molar-refractivity contribution in [2.45, 2.75) is 39.2 Å². The van der Waals surface area contributed by atoms with Crippen LogP contribution in [0.3, 0.4) is 0 Å². The third-order valence-electron chi connectivity index (χ3n) is 3.80. The van der Waals surface area contributed by atoms with E-state index in [2.05, 4.69) is 4.98 Å². The quantitative estimate of drug-likeness (QED) is 0.812. The van der Waals surface area contributed by atoms with E-state index in [-0.39, 0.29) is 11.5 Å². The van der Waals surface area contributed by atoms with Crippen LogP contribution in [0.4, 0.5) is 0 Å². The molecule has 1 atom stereocenters. The number of nitrogens with zero attached hydrogens (tertiary/aromatic N) is 2. The molecule has 1 aromatic heterocycles. The molecule has 7 nitrogen and oxygen atoms in total. The van der Waals surface area contributed by atoms with E-state index >= 15 is 0 Å². The number of nitrogens with one attached hydrogen (secondary N) is 1. The van der Waals surface area contributed by atoms with Gasteiger partial charge in [-0.15, -0.1) is 0 Å². The number of aromatic amines is 1. The molecule has 1 amide bonds. The zero-order valence-corrected chi connectivity index (χ0v) is 12.2. The van der Waals surface area contributed by atoms with E-state index in [9.17, 15) is 19.2 Å². The van der Waals surface area contributed by atoms with Gasteiger partial charge in [-0.1, -0.05) is 0 Å². The number of hydrogen-bond acceptors (Lipinski definition) is 4. The molecule has 7 heteroatoms. The topological polar surface area (TPSA) is 92.2 Å². The Hall–Kier alpha value is -2.18. The van der Waals surface area contributed by atoms with Gasteiger partial charge in [0.2, 0.25) is 5.91 Å². The van der Waals surface area contributed by atoms with Gasteiger partial charge in [0, 0.05) is 19.3 Å². The number of hydrogen-bond donors (Lipinski definition) is 1. The summed E-state index contributed by atoms with van der Waals surface area (Å²) in [6.45, 7) is 4.04. The van der Waals surface area contributed by atoms with E-state index < -0.39 is 23.1 Å². The molecule has 0 radical (unpaired) electrons. The lowest BCUT2D eigenvalue weighted by molar-refractivity contribution is -0.135. The van der Waals surface area contributed by atoms with Crippen molar-refractivity contribution in [3.8, 4) is 0 Å². The maximum absolute atomic E-state index is 12.4. The highest BCUT2D eigenvalue weighted by atomic mass is 16.2. The fourth-order valence-electron chi connectivity index (χ4n) is 2.58. The maximum Gasteiger partial charge on any atom is 0.329 e. The molecule has 1 saturated heterocycles. The van der Waals surface area contributed by atoms with Crippen molar-refractivity contribution in [3.63, 3.8) is 0 Å². The lowest BCUT2D eigenvalue weighted by Crippen LogP contribution is -2.47. The first-order valence-electron chi connectivity index (χ1n) is 7.07. The first-order chi connectivity index (χ1) is 9.93. The van der Waals surface area contributed by atoms with Crippen molar-refractivity contribution in [2.24, 2.45) is 0 Å². The number of carbonyl (C=O) groups excluding carboxylic acids is 2. The van der Waals surface area contributed by atoms with Crippen LogP contribution in [0.1, 0.15) is 49.5 Å². The smallest absolute Gasteiger partial charge is 0.329 e. The zero-order chi connectivity index (χ0) is 15.6. The molecule has 0 bridgehead atoms. The number of likely N-dealkylation sites (tertiary alicyclic amines) is 1. The van der Waals surface area contributed by atoms with Crippen LogP contribution >= 0.6 is 0 Å². The predicted octanol–water partition coefficient (Wildman–Crippen LogP) is 0.313. The Balaban J connectivity index is 2.38. The summed E-state index contributed by atoms with van der Waals surface area (Å²) in [4.78, 5) is 51.9. The van der Waals surface area contributed by atoms with Gasteiger partial charge in [0.05, 0.1) is 5.56 Å². The first-order valence-corrected chi connectivity index (χ1v) is 7.07. The molecular weight excluding hydrogens is 274 g/mol. The van der Waals surface area contributed by atoms with E-state index in [0.717, 1.165) is 30.0 Å². The Kier molecular flexibility index (Phi) is 4.40. The predicted molar refractivity (Wildman–Crippen MR) is 76.5 cm³/mol. The molecule has 2 heterocycles. The van der Waals surface area contributed by atoms with Gasteiger partial charge < -0.3 is 9.88 Å². The second kappa shape index (κ2) is 6.07. The third-order valence-corrected chi connectivity index (χ3v) is 3.80. The summed E-state index contributed by atoms with van der Waals surface area (Å²) in [5.74, 6) is -0.703. The van der Waals surface area contributed by atoms with Gasteiger partial charge in [0.15, 0.2) is 5.78 Å². The molecule has 21 heavy (non-hydrogen) atoms. The minimum atomic E-state index is -0.918. The van der Waals surface area contributed by atoms with Crippen LogP contribution < -0.4 is 11.2 Å². The molecule has 0 saturated carbocycles. The number of aromatic nitrogens is 2. The van der Waals surface area contributed by atoms with Crippen molar-refractivity contribution in [3.05, 3.63) is 32.6 Å². The van der Waals surface area contributed by atoms with Crippen molar-refractivity contribution in [1.82, 2.24) is 14.5 Å². The molecular formula is C14H19N3O4.